The highest BCUT2D eigenvalue weighted by Crippen LogP contribution is 2.28. The molecular formula is C24H23NO3S. The van der Waals surface area contributed by atoms with Crippen molar-refractivity contribution in [1.82, 2.24) is 4.57 Å². The topological polar surface area (TPSA) is 54.3 Å². The quantitative estimate of drug-likeness (QED) is 0.400. The number of fused-ring (bicyclic) bond motifs is 2. The van der Waals surface area contributed by atoms with E-state index in [0.29, 0.717) is 5.75 Å². The Hall–Kier alpha value is -2.76. The predicted molar refractivity (Wildman–Crippen MR) is 118 cm³/mol. The molecule has 0 spiro atoms. The lowest BCUT2D eigenvalue weighted by molar-refractivity contribution is 0.0544. The van der Waals surface area contributed by atoms with Crippen molar-refractivity contribution in [2.24, 2.45) is 0 Å². The summed E-state index contributed by atoms with van der Waals surface area (Å²) < 4.78 is 20.1. The number of para-hydroxylation sites is 1. The van der Waals surface area contributed by atoms with Gasteiger partial charge in [0.15, 0.2) is 4.90 Å². The van der Waals surface area contributed by atoms with Gasteiger partial charge in [-0.1, -0.05) is 42.5 Å². The summed E-state index contributed by atoms with van der Waals surface area (Å²) in [5, 5.41) is 3.09. The molecule has 0 radical (unpaired) electrons. The molecule has 3 aromatic carbocycles. The summed E-state index contributed by atoms with van der Waals surface area (Å²) in [6.45, 7) is 5.52. The van der Waals surface area contributed by atoms with Crippen LogP contribution in [0.25, 0.3) is 21.7 Å². The second kappa shape index (κ2) is 7.58. The number of carbonyl (C=O) groups is 1. The van der Waals surface area contributed by atoms with Crippen LogP contribution in [0.4, 0.5) is 4.79 Å². The molecule has 148 valence electrons. The first-order valence-corrected chi connectivity index (χ1v) is 10.8. The summed E-state index contributed by atoms with van der Waals surface area (Å²) >= 11 is -1.23. The molecule has 0 amide bonds. The molecule has 1 heterocycles. The fraction of sp³-hybridized carbons (Fsp3) is 0.208. The van der Waals surface area contributed by atoms with Crippen molar-refractivity contribution in [3.05, 3.63) is 78.5 Å². The molecule has 4 aromatic rings. The molecule has 4 nitrogen and oxygen atoms in total. The zero-order chi connectivity index (χ0) is 20.6. The Morgan fingerprint density at radius 3 is 2.45 bits per heavy atom. The summed E-state index contributed by atoms with van der Waals surface area (Å²) in [6.07, 6.45) is 1.31. The van der Waals surface area contributed by atoms with Crippen LogP contribution < -0.4 is 0 Å². The standard InChI is InChI=1S/C24H23NO3S/c1-24(2,3)28-23(26)25-15-19(21-10-6-7-11-22(21)25)16-29(27)20-13-12-17-8-4-5-9-18(17)14-20/h4-15H,16H2,1-3H3. The van der Waals surface area contributed by atoms with Gasteiger partial charge in [-0.2, -0.15) is 0 Å². The van der Waals surface area contributed by atoms with E-state index in [0.717, 1.165) is 32.1 Å². The van der Waals surface area contributed by atoms with Crippen LogP contribution in [0.3, 0.4) is 0 Å². The maximum Gasteiger partial charge on any atom is 0.419 e. The minimum absolute atomic E-state index is 0.328. The highest BCUT2D eigenvalue weighted by molar-refractivity contribution is 7.90. The van der Waals surface area contributed by atoms with E-state index in [2.05, 4.69) is 0 Å². The number of rotatable bonds is 3. The predicted octanol–water partition coefficient (Wildman–Crippen LogP) is 5.89. The lowest BCUT2D eigenvalue weighted by Gasteiger charge is -2.19. The molecule has 0 N–H and O–H groups in total. The lowest BCUT2D eigenvalue weighted by atomic mass is 10.1. The van der Waals surface area contributed by atoms with E-state index in [4.69, 9.17) is 4.74 Å². The molecule has 0 fully saturated rings. The summed E-state index contributed by atoms with van der Waals surface area (Å²) in [4.78, 5) is 13.4. The number of carbonyl (C=O) groups excluding carboxylic acids is 1. The van der Waals surface area contributed by atoms with E-state index < -0.39 is 22.9 Å². The summed E-state index contributed by atoms with van der Waals surface area (Å²) in [5.41, 5.74) is 1.03. The minimum atomic E-state index is -1.23. The van der Waals surface area contributed by atoms with Crippen LogP contribution >= 0.6 is 0 Å². The molecule has 0 aliphatic rings. The van der Waals surface area contributed by atoms with Crippen molar-refractivity contribution in [3.8, 4) is 0 Å². The Kier molecular flexibility index (Phi) is 5.11. The van der Waals surface area contributed by atoms with Crippen LogP contribution in [-0.4, -0.2) is 20.8 Å². The number of nitrogens with zero attached hydrogens (tertiary/aromatic N) is 1. The Bertz CT molecular complexity index is 1190. The fourth-order valence-corrected chi connectivity index (χ4v) is 4.52. The first kappa shape index (κ1) is 19.6. The number of benzene rings is 3. The van der Waals surface area contributed by atoms with Crippen molar-refractivity contribution >= 4 is 38.9 Å². The van der Waals surface area contributed by atoms with E-state index in [1.54, 1.807) is 6.20 Å². The number of ether oxygens (including phenoxy) is 1. The van der Waals surface area contributed by atoms with Gasteiger partial charge in [0.1, 0.15) is 11.4 Å². The van der Waals surface area contributed by atoms with Gasteiger partial charge in [-0.05, 0) is 60.9 Å². The van der Waals surface area contributed by atoms with E-state index in [1.807, 2.05) is 87.5 Å². The van der Waals surface area contributed by atoms with E-state index in [9.17, 15) is 9.35 Å². The molecular weight excluding hydrogens is 382 g/mol. The van der Waals surface area contributed by atoms with Crippen molar-refractivity contribution < 1.29 is 14.1 Å². The first-order valence-electron chi connectivity index (χ1n) is 9.51. The second-order valence-electron chi connectivity index (χ2n) is 8.02. The van der Waals surface area contributed by atoms with Gasteiger partial charge in [-0.15, -0.1) is 0 Å². The Morgan fingerprint density at radius 1 is 1.00 bits per heavy atom. The van der Waals surface area contributed by atoms with E-state index in [1.165, 1.54) is 4.57 Å². The summed E-state index contributed by atoms with van der Waals surface area (Å²) in [5.74, 6) is 0.328. The zero-order valence-electron chi connectivity index (χ0n) is 16.7. The van der Waals surface area contributed by atoms with Crippen molar-refractivity contribution in [1.29, 1.82) is 0 Å². The smallest absolute Gasteiger partial charge is 0.419 e. The van der Waals surface area contributed by atoms with Gasteiger partial charge >= 0.3 is 6.09 Å². The third-order valence-electron chi connectivity index (χ3n) is 4.66. The lowest BCUT2D eigenvalue weighted by Crippen LogP contribution is -2.26. The highest BCUT2D eigenvalue weighted by Gasteiger charge is 2.23. The Morgan fingerprint density at radius 2 is 1.69 bits per heavy atom. The third-order valence-corrected chi connectivity index (χ3v) is 6.01. The third kappa shape index (κ3) is 4.16. The van der Waals surface area contributed by atoms with Crippen molar-refractivity contribution in [2.75, 3.05) is 0 Å². The zero-order valence-corrected chi connectivity index (χ0v) is 17.5. The summed E-state index contributed by atoms with van der Waals surface area (Å²) in [7, 11) is 0. The molecule has 0 bridgehead atoms. The maximum atomic E-state index is 13.1. The van der Waals surface area contributed by atoms with Gasteiger partial charge in [0.2, 0.25) is 0 Å². The molecule has 4 rings (SSSR count). The SMILES string of the molecule is CC(C)(C)OC(=O)n1cc(C[S+]([O-])c2ccc3ccccc3c2)c2ccccc21. The monoisotopic (exact) mass is 405 g/mol. The Balaban J connectivity index is 1.67. The van der Waals surface area contributed by atoms with Gasteiger partial charge in [-0.3, -0.25) is 4.57 Å². The van der Waals surface area contributed by atoms with Crippen LogP contribution in [-0.2, 0) is 21.7 Å². The fourth-order valence-electron chi connectivity index (χ4n) is 3.36. The summed E-state index contributed by atoms with van der Waals surface area (Å²) in [6, 6.07) is 21.5. The molecule has 0 saturated heterocycles. The molecule has 1 atom stereocenters. The van der Waals surface area contributed by atoms with Crippen LogP contribution in [0, 0.1) is 0 Å². The van der Waals surface area contributed by atoms with Crippen LogP contribution in [0.2, 0.25) is 0 Å². The van der Waals surface area contributed by atoms with E-state index in [-0.39, 0.29) is 0 Å². The van der Waals surface area contributed by atoms with Crippen LogP contribution in [0.1, 0.15) is 26.3 Å². The van der Waals surface area contributed by atoms with Gasteiger partial charge in [-0.25, -0.2) is 4.79 Å². The average Bonchev–Trinajstić information content (AvgIpc) is 3.05. The number of aromatic nitrogens is 1. The average molecular weight is 406 g/mol. The van der Waals surface area contributed by atoms with Gasteiger partial charge in [0.25, 0.3) is 0 Å². The molecule has 0 aliphatic heterocycles. The largest absolute Gasteiger partial charge is 0.611 e. The van der Waals surface area contributed by atoms with Crippen molar-refractivity contribution in [3.63, 3.8) is 0 Å². The van der Waals surface area contributed by atoms with Gasteiger partial charge in [0.05, 0.1) is 5.52 Å². The van der Waals surface area contributed by atoms with Crippen LogP contribution in [0.15, 0.2) is 77.8 Å². The molecule has 29 heavy (non-hydrogen) atoms. The van der Waals surface area contributed by atoms with Gasteiger partial charge < -0.3 is 9.29 Å². The molecule has 5 heteroatoms. The second-order valence-corrected chi connectivity index (χ2v) is 9.47. The van der Waals surface area contributed by atoms with Crippen LogP contribution in [0.5, 0.6) is 0 Å². The molecule has 1 unspecified atom stereocenters. The first-order chi connectivity index (χ1) is 13.8. The molecule has 0 saturated carbocycles. The number of hydrogen-bond donors (Lipinski definition) is 0. The number of hydrogen-bond acceptors (Lipinski definition) is 3. The highest BCUT2D eigenvalue weighted by atomic mass is 32.2. The minimum Gasteiger partial charge on any atom is -0.611 e. The van der Waals surface area contributed by atoms with Crippen molar-refractivity contribution in [2.45, 2.75) is 37.0 Å². The Labute approximate surface area is 173 Å². The maximum absolute atomic E-state index is 13.1. The van der Waals surface area contributed by atoms with Gasteiger partial charge in [0, 0.05) is 23.2 Å². The van der Waals surface area contributed by atoms with E-state index >= 15 is 0 Å². The normalized spacial score (nSPS) is 13.0. The molecule has 0 aliphatic carbocycles. The molecule has 1 aromatic heterocycles.